The highest BCUT2D eigenvalue weighted by Crippen LogP contribution is 2.38. The van der Waals surface area contributed by atoms with E-state index in [9.17, 15) is 4.79 Å². The van der Waals surface area contributed by atoms with E-state index in [1.165, 1.54) is 33.5 Å². The molecule has 0 atom stereocenters. The average molecular weight is 255 g/mol. The Labute approximate surface area is 106 Å². The van der Waals surface area contributed by atoms with Gasteiger partial charge in [0.15, 0.2) is 11.5 Å². The number of carbonyl (C=O) groups is 1. The van der Waals surface area contributed by atoms with E-state index in [1.54, 1.807) is 0 Å². The van der Waals surface area contributed by atoms with Crippen LogP contribution in [0.15, 0.2) is 12.1 Å². The summed E-state index contributed by atoms with van der Waals surface area (Å²) in [5, 5.41) is 0. The number of hydrogen-bond acceptors (Lipinski definition) is 6. The van der Waals surface area contributed by atoms with Gasteiger partial charge in [0, 0.05) is 6.54 Å². The van der Waals surface area contributed by atoms with Crippen LogP contribution < -0.4 is 19.9 Å². The molecular formula is C12H17NO5. The van der Waals surface area contributed by atoms with Crippen molar-refractivity contribution in [1.82, 2.24) is 0 Å². The third-order valence-electron chi connectivity index (χ3n) is 2.25. The molecule has 0 bridgehead atoms. The number of carbonyl (C=O) groups excluding carboxylic acids is 1. The molecule has 0 unspecified atom stereocenters. The summed E-state index contributed by atoms with van der Waals surface area (Å²) < 4.78 is 20.4. The van der Waals surface area contributed by atoms with Gasteiger partial charge in [0.2, 0.25) is 5.75 Å². The number of esters is 1. The quantitative estimate of drug-likeness (QED) is 0.758. The van der Waals surface area contributed by atoms with Crippen LogP contribution in [0.5, 0.6) is 17.2 Å². The molecule has 0 aliphatic heterocycles. The predicted molar refractivity (Wildman–Crippen MR) is 65.4 cm³/mol. The SMILES string of the molecule is COc1cc(C(=O)OCCN)cc(OC)c1OC. The fraction of sp³-hybridized carbons (Fsp3) is 0.417. The lowest BCUT2D eigenvalue weighted by Crippen LogP contribution is -2.14. The lowest BCUT2D eigenvalue weighted by atomic mass is 10.2. The van der Waals surface area contributed by atoms with Crippen LogP contribution in [-0.4, -0.2) is 40.5 Å². The number of hydrogen-bond donors (Lipinski definition) is 1. The summed E-state index contributed by atoms with van der Waals surface area (Å²) in [5.74, 6) is 0.739. The zero-order valence-electron chi connectivity index (χ0n) is 10.7. The maximum absolute atomic E-state index is 11.7. The van der Waals surface area contributed by atoms with Crippen molar-refractivity contribution in [3.63, 3.8) is 0 Å². The summed E-state index contributed by atoms with van der Waals surface area (Å²) in [7, 11) is 4.45. The van der Waals surface area contributed by atoms with Crippen LogP contribution in [0.4, 0.5) is 0 Å². The van der Waals surface area contributed by atoms with Gasteiger partial charge in [-0.15, -0.1) is 0 Å². The minimum absolute atomic E-state index is 0.162. The van der Waals surface area contributed by atoms with E-state index in [4.69, 9.17) is 24.7 Å². The highest BCUT2D eigenvalue weighted by Gasteiger charge is 2.17. The third kappa shape index (κ3) is 3.04. The number of benzene rings is 1. The fourth-order valence-corrected chi connectivity index (χ4v) is 1.43. The van der Waals surface area contributed by atoms with Gasteiger partial charge in [-0.25, -0.2) is 4.79 Å². The molecule has 1 aromatic carbocycles. The Hall–Kier alpha value is -1.95. The summed E-state index contributed by atoms with van der Waals surface area (Å²) in [4.78, 5) is 11.7. The molecule has 18 heavy (non-hydrogen) atoms. The van der Waals surface area contributed by atoms with E-state index >= 15 is 0 Å². The van der Waals surface area contributed by atoms with Crippen LogP contribution in [-0.2, 0) is 4.74 Å². The average Bonchev–Trinajstić information content (AvgIpc) is 2.42. The van der Waals surface area contributed by atoms with Crippen molar-refractivity contribution in [1.29, 1.82) is 0 Å². The fourth-order valence-electron chi connectivity index (χ4n) is 1.43. The van der Waals surface area contributed by atoms with Crippen LogP contribution in [0.3, 0.4) is 0 Å². The first-order valence-corrected chi connectivity index (χ1v) is 5.35. The van der Waals surface area contributed by atoms with E-state index in [-0.39, 0.29) is 13.2 Å². The summed E-state index contributed by atoms with van der Waals surface area (Å²) in [6, 6.07) is 3.06. The zero-order valence-corrected chi connectivity index (χ0v) is 10.7. The second kappa shape index (κ2) is 6.70. The van der Waals surface area contributed by atoms with Crippen molar-refractivity contribution in [3.8, 4) is 17.2 Å². The Bertz CT molecular complexity index is 394. The van der Waals surface area contributed by atoms with Crippen molar-refractivity contribution < 1.29 is 23.7 Å². The summed E-state index contributed by atoms with van der Waals surface area (Å²) >= 11 is 0. The summed E-state index contributed by atoms with van der Waals surface area (Å²) in [6.07, 6.45) is 0. The molecule has 0 saturated heterocycles. The molecular weight excluding hydrogens is 238 g/mol. The molecule has 0 spiro atoms. The molecule has 1 aromatic rings. The van der Waals surface area contributed by atoms with Gasteiger partial charge in [0.1, 0.15) is 6.61 Å². The van der Waals surface area contributed by atoms with Gasteiger partial charge in [-0.3, -0.25) is 0 Å². The highest BCUT2D eigenvalue weighted by molar-refractivity contribution is 5.91. The molecule has 0 aliphatic rings. The zero-order chi connectivity index (χ0) is 13.5. The van der Waals surface area contributed by atoms with Crippen molar-refractivity contribution in [3.05, 3.63) is 17.7 Å². The Morgan fingerprint density at radius 3 is 2.06 bits per heavy atom. The van der Waals surface area contributed by atoms with Gasteiger partial charge < -0.3 is 24.7 Å². The minimum atomic E-state index is -0.486. The van der Waals surface area contributed by atoms with Crippen molar-refractivity contribution in [2.24, 2.45) is 5.73 Å². The van der Waals surface area contributed by atoms with Gasteiger partial charge >= 0.3 is 5.97 Å². The highest BCUT2D eigenvalue weighted by atomic mass is 16.5. The molecule has 2 N–H and O–H groups in total. The van der Waals surface area contributed by atoms with Gasteiger partial charge in [-0.2, -0.15) is 0 Å². The van der Waals surface area contributed by atoms with Crippen LogP contribution >= 0.6 is 0 Å². The maximum atomic E-state index is 11.7. The van der Waals surface area contributed by atoms with Crippen LogP contribution in [0.1, 0.15) is 10.4 Å². The topological polar surface area (TPSA) is 80.0 Å². The Kier molecular flexibility index (Phi) is 5.26. The molecule has 100 valence electrons. The van der Waals surface area contributed by atoms with E-state index in [2.05, 4.69) is 0 Å². The van der Waals surface area contributed by atoms with Gasteiger partial charge in [0.05, 0.1) is 26.9 Å². The van der Waals surface area contributed by atoms with Crippen LogP contribution in [0.25, 0.3) is 0 Å². The van der Waals surface area contributed by atoms with Gasteiger partial charge in [-0.05, 0) is 12.1 Å². The molecule has 0 fully saturated rings. The lowest BCUT2D eigenvalue weighted by molar-refractivity contribution is 0.0516. The molecule has 6 heteroatoms. The molecule has 0 aromatic heterocycles. The first-order chi connectivity index (χ1) is 8.67. The van der Waals surface area contributed by atoms with Gasteiger partial charge in [-0.1, -0.05) is 0 Å². The number of ether oxygens (including phenoxy) is 4. The van der Waals surface area contributed by atoms with E-state index in [1.807, 2.05) is 0 Å². The van der Waals surface area contributed by atoms with Crippen LogP contribution in [0, 0.1) is 0 Å². The van der Waals surface area contributed by atoms with Crippen LogP contribution in [0.2, 0.25) is 0 Å². The van der Waals surface area contributed by atoms with Crippen molar-refractivity contribution in [2.75, 3.05) is 34.5 Å². The van der Waals surface area contributed by atoms with E-state index in [0.29, 0.717) is 22.8 Å². The Morgan fingerprint density at radius 1 is 1.11 bits per heavy atom. The van der Waals surface area contributed by atoms with Crippen molar-refractivity contribution in [2.45, 2.75) is 0 Å². The Balaban J connectivity index is 3.10. The van der Waals surface area contributed by atoms with Gasteiger partial charge in [0.25, 0.3) is 0 Å². The monoisotopic (exact) mass is 255 g/mol. The second-order valence-corrected chi connectivity index (χ2v) is 3.34. The molecule has 0 aliphatic carbocycles. The standard InChI is InChI=1S/C12H17NO5/c1-15-9-6-8(12(14)18-5-4-13)7-10(16-2)11(9)17-3/h6-7H,4-5,13H2,1-3H3. The Morgan fingerprint density at radius 2 is 1.67 bits per heavy atom. The summed E-state index contributed by atoms with van der Waals surface area (Å²) in [5.41, 5.74) is 5.58. The first-order valence-electron chi connectivity index (χ1n) is 5.35. The molecule has 0 saturated carbocycles. The van der Waals surface area contributed by atoms with E-state index in [0.717, 1.165) is 0 Å². The predicted octanol–water partition coefficient (Wildman–Crippen LogP) is 0.828. The second-order valence-electron chi connectivity index (χ2n) is 3.34. The lowest BCUT2D eigenvalue weighted by Gasteiger charge is -2.13. The molecule has 0 heterocycles. The maximum Gasteiger partial charge on any atom is 0.338 e. The smallest absolute Gasteiger partial charge is 0.338 e. The molecule has 6 nitrogen and oxygen atoms in total. The normalized spacial score (nSPS) is 9.78. The molecule has 1 rings (SSSR count). The minimum Gasteiger partial charge on any atom is -0.493 e. The number of nitrogens with two attached hydrogens (primary N) is 1. The largest absolute Gasteiger partial charge is 0.493 e. The number of rotatable bonds is 6. The van der Waals surface area contributed by atoms with E-state index < -0.39 is 5.97 Å². The van der Waals surface area contributed by atoms with Crippen molar-refractivity contribution >= 4 is 5.97 Å². The third-order valence-corrected chi connectivity index (χ3v) is 2.25. The first kappa shape index (κ1) is 14.1. The molecule has 0 amide bonds. The molecule has 0 radical (unpaired) electrons. The summed E-state index contributed by atoms with van der Waals surface area (Å²) in [6.45, 7) is 0.436. The number of methoxy groups -OCH3 is 3.